The maximum atomic E-state index is 11.8. The zero-order valence-corrected chi connectivity index (χ0v) is 10.3. The van der Waals surface area contributed by atoms with Crippen molar-refractivity contribution in [1.82, 2.24) is 5.32 Å². The van der Waals surface area contributed by atoms with Crippen molar-refractivity contribution in [2.45, 2.75) is 12.5 Å². The Kier molecular flexibility index (Phi) is 4.87. The van der Waals surface area contributed by atoms with E-state index in [0.717, 1.165) is 7.11 Å². The zero-order chi connectivity index (χ0) is 14.4. The number of hydrogen-bond donors (Lipinski definition) is 3. The minimum absolute atomic E-state index is 0.255. The first-order valence-electron chi connectivity index (χ1n) is 5.40. The molecule has 0 aliphatic carbocycles. The maximum absolute atomic E-state index is 11.8. The van der Waals surface area contributed by atoms with Crippen molar-refractivity contribution < 1.29 is 24.2 Å². The average molecular weight is 266 g/mol. The molecule has 1 atom stereocenters. The number of esters is 1. The van der Waals surface area contributed by atoms with Crippen LogP contribution in [0, 0.1) is 0 Å². The third-order valence-corrected chi connectivity index (χ3v) is 2.37. The molecule has 102 valence electrons. The Labute approximate surface area is 109 Å². The molecule has 0 spiro atoms. The smallest absolute Gasteiger partial charge is 0.326 e. The summed E-state index contributed by atoms with van der Waals surface area (Å²) in [6.45, 7) is 0. The third-order valence-electron chi connectivity index (χ3n) is 2.37. The lowest BCUT2D eigenvalue weighted by Gasteiger charge is -2.13. The minimum Gasteiger partial charge on any atom is -0.480 e. The van der Waals surface area contributed by atoms with Gasteiger partial charge in [0, 0.05) is 11.3 Å². The summed E-state index contributed by atoms with van der Waals surface area (Å²) < 4.78 is 4.36. The van der Waals surface area contributed by atoms with Gasteiger partial charge in [-0.25, -0.2) is 4.79 Å². The number of carboxylic acid groups (broad SMARTS) is 1. The monoisotopic (exact) mass is 266 g/mol. The quantitative estimate of drug-likeness (QED) is 0.510. The van der Waals surface area contributed by atoms with E-state index in [2.05, 4.69) is 10.1 Å². The normalized spacial score (nSPS) is 11.4. The van der Waals surface area contributed by atoms with E-state index in [0.29, 0.717) is 5.69 Å². The van der Waals surface area contributed by atoms with Crippen molar-refractivity contribution in [3.63, 3.8) is 0 Å². The minimum atomic E-state index is -1.34. The summed E-state index contributed by atoms with van der Waals surface area (Å²) in [7, 11) is 1.14. The van der Waals surface area contributed by atoms with Crippen molar-refractivity contribution in [3.05, 3.63) is 29.8 Å². The molecule has 0 aliphatic rings. The number of nitrogen functional groups attached to an aromatic ring is 1. The van der Waals surface area contributed by atoms with Crippen molar-refractivity contribution in [1.29, 1.82) is 0 Å². The summed E-state index contributed by atoms with van der Waals surface area (Å²) in [5, 5.41) is 11.2. The number of nitrogens with two attached hydrogens (primary N) is 1. The van der Waals surface area contributed by atoms with Crippen LogP contribution in [0.2, 0.25) is 0 Å². The first kappa shape index (κ1) is 14.5. The summed E-state index contributed by atoms with van der Waals surface area (Å²) in [6, 6.07) is 4.62. The van der Waals surface area contributed by atoms with Crippen LogP contribution in [-0.2, 0) is 14.3 Å². The van der Waals surface area contributed by atoms with Gasteiger partial charge < -0.3 is 20.9 Å². The van der Waals surface area contributed by atoms with Crippen molar-refractivity contribution >= 4 is 23.5 Å². The van der Waals surface area contributed by atoms with Gasteiger partial charge in [0.2, 0.25) is 0 Å². The Hall–Kier alpha value is -2.57. The van der Waals surface area contributed by atoms with Crippen LogP contribution in [0.1, 0.15) is 16.8 Å². The molecule has 1 aromatic rings. The number of ether oxygens (including phenoxy) is 1. The number of methoxy groups -OCH3 is 1. The number of carbonyl (C=O) groups excluding carboxylic acids is 2. The first-order chi connectivity index (χ1) is 8.93. The summed E-state index contributed by atoms with van der Waals surface area (Å²) in [6.07, 6.45) is -0.438. The van der Waals surface area contributed by atoms with Crippen LogP contribution >= 0.6 is 0 Å². The molecule has 0 radical (unpaired) electrons. The van der Waals surface area contributed by atoms with Gasteiger partial charge in [0.05, 0.1) is 13.5 Å². The molecule has 7 heteroatoms. The number of benzene rings is 1. The van der Waals surface area contributed by atoms with Crippen LogP contribution in [0.4, 0.5) is 5.69 Å². The molecule has 19 heavy (non-hydrogen) atoms. The summed E-state index contributed by atoms with van der Waals surface area (Å²) >= 11 is 0. The molecular formula is C12H14N2O5. The fourth-order valence-electron chi connectivity index (χ4n) is 1.33. The molecule has 0 aliphatic heterocycles. The molecule has 1 aromatic carbocycles. The number of carboxylic acids is 1. The molecule has 0 fully saturated rings. The highest BCUT2D eigenvalue weighted by molar-refractivity contribution is 5.97. The van der Waals surface area contributed by atoms with Gasteiger partial charge in [-0.15, -0.1) is 0 Å². The molecule has 0 heterocycles. The first-order valence-corrected chi connectivity index (χ1v) is 5.40. The number of hydrogen-bond acceptors (Lipinski definition) is 5. The SMILES string of the molecule is COC(=O)C[C@H](NC(=O)c1ccc(N)cc1)C(=O)O. The number of aliphatic carboxylic acids is 1. The molecule has 0 unspecified atom stereocenters. The Morgan fingerprint density at radius 1 is 1.32 bits per heavy atom. The average Bonchev–Trinajstić information content (AvgIpc) is 2.38. The number of nitrogens with one attached hydrogen (secondary N) is 1. The standard InChI is InChI=1S/C12H14N2O5/c1-19-10(15)6-9(12(17)18)14-11(16)7-2-4-8(13)5-3-7/h2-5,9H,6,13H2,1H3,(H,14,16)(H,17,18)/t9-/m0/s1. The fraction of sp³-hybridized carbons (Fsp3) is 0.250. The summed E-state index contributed by atoms with van der Waals surface area (Å²) in [5.41, 5.74) is 6.22. The molecular weight excluding hydrogens is 252 g/mol. The van der Waals surface area contributed by atoms with Crippen LogP contribution in [0.5, 0.6) is 0 Å². The highest BCUT2D eigenvalue weighted by atomic mass is 16.5. The fourth-order valence-corrected chi connectivity index (χ4v) is 1.33. The second kappa shape index (κ2) is 6.39. The van der Waals surface area contributed by atoms with E-state index in [1.54, 1.807) is 0 Å². The van der Waals surface area contributed by atoms with Crippen molar-refractivity contribution in [2.24, 2.45) is 0 Å². The molecule has 4 N–H and O–H groups in total. The van der Waals surface area contributed by atoms with E-state index in [1.165, 1.54) is 24.3 Å². The van der Waals surface area contributed by atoms with E-state index in [4.69, 9.17) is 10.8 Å². The van der Waals surface area contributed by atoms with Gasteiger partial charge in [-0.1, -0.05) is 0 Å². The Morgan fingerprint density at radius 2 is 1.89 bits per heavy atom. The third kappa shape index (κ3) is 4.30. The topological polar surface area (TPSA) is 119 Å². The molecule has 0 saturated carbocycles. The van der Waals surface area contributed by atoms with Gasteiger partial charge in [0.15, 0.2) is 0 Å². The highest BCUT2D eigenvalue weighted by Crippen LogP contribution is 2.06. The molecule has 1 amide bonds. The number of anilines is 1. The molecule has 0 saturated heterocycles. The predicted molar refractivity (Wildman–Crippen MR) is 66.4 cm³/mol. The number of amides is 1. The molecule has 1 rings (SSSR count). The molecule has 0 bridgehead atoms. The van der Waals surface area contributed by atoms with Gasteiger partial charge in [-0.2, -0.15) is 0 Å². The van der Waals surface area contributed by atoms with Crippen LogP contribution in [0.25, 0.3) is 0 Å². The molecule has 0 aromatic heterocycles. The van der Waals surface area contributed by atoms with Gasteiger partial charge in [-0.3, -0.25) is 9.59 Å². The largest absolute Gasteiger partial charge is 0.480 e. The zero-order valence-electron chi connectivity index (χ0n) is 10.3. The van der Waals surface area contributed by atoms with E-state index in [1.807, 2.05) is 0 Å². The second-order valence-corrected chi connectivity index (χ2v) is 3.77. The van der Waals surface area contributed by atoms with E-state index >= 15 is 0 Å². The van der Waals surface area contributed by atoms with E-state index < -0.39 is 30.3 Å². The number of carbonyl (C=O) groups is 3. The van der Waals surface area contributed by atoms with Crippen molar-refractivity contribution in [2.75, 3.05) is 12.8 Å². The van der Waals surface area contributed by atoms with Crippen LogP contribution in [-0.4, -0.2) is 36.1 Å². The van der Waals surface area contributed by atoms with Gasteiger partial charge in [0.25, 0.3) is 5.91 Å². The highest BCUT2D eigenvalue weighted by Gasteiger charge is 2.24. The molecule has 7 nitrogen and oxygen atoms in total. The van der Waals surface area contributed by atoms with Crippen molar-refractivity contribution in [3.8, 4) is 0 Å². The van der Waals surface area contributed by atoms with Crippen LogP contribution < -0.4 is 11.1 Å². The lowest BCUT2D eigenvalue weighted by Crippen LogP contribution is -2.42. The number of rotatable bonds is 5. The van der Waals surface area contributed by atoms with Gasteiger partial charge in [0.1, 0.15) is 6.04 Å². The Balaban J connectivity index is 2.73. The lowest BCUT2D eigenvalue weighted by atomic mass is 10.1. The van der Waals surface area contributed by atoms with E-state index in [-0.39, 0.29) is 5.56 Å². The van der Waals surface area contributed by atoms with Crippen LogP contribution in [0.15, 0.2) is 24.3 Å². The Bertz CT molecular complexity index is 483. The Morgan fingerprint density at radius 3 is 2.37 bits per heavy atom. The predicted octanol–water partition coefficient (Wildman–Crippen LogP) is 0.0149. The summed E-state index contributed by atoms with van der Waals surface area (Å²) in [4.78, 5) is 33.7. The van der Waals surface area contributed by atoms with Crippen LogP contribution in [0.3, 0.4) is 0 Å². The lowest BCUT2D eigenvalue weighted by molar-refractivity contribution is -0.147. The second-order valence-electron chi connectivity index (χ2n) is 3.77. The van der Waals surface area contributed by atoms with E-state index in [9.17, 15) is 14.4 Å². The van der Waals surface area contributed by atoms with Gasteiger partial charge >= 0.3 is 11.9 Å². The van der Waals surface area contributed by atoms with Gasteiger partial charge in [-0.05, 0) is 24.3 Å². The summed E-state index contributed by atoms with van der Waals surface area (Å²) in [5.74, 6) is -2.63. The maximum Gasteiger partial charge on any atom is 0.326 e.